The van der Waals surface area contributed by atoms with Crippen molar-refractivity contribution in [1.29, 1.82) is 0 Å². The molecule has 97 valence electrons. The first-order valence-corrected chi connectivity index (χ1v) is 6.83. The fourth-order valence-electron chi connectivity index (χ4n) is 2.09. The van der Waals surface area contributed by atoms with E-state index in [4.69, 9.17) is 9.16 Å². The van der Waals surface area contributed by atoms with Gasteiger partial charge in [0.1, 0.15) is 5.75 Å². The number of para-hydroxylation sites is 1. The molecule has 0 aliphatic heterocycles. The summed E-state index contributed by atoms with van der Waals surface area (Å²) < 4.78 is 10.8. The van der Waals surface area contributed by atoms with Gasteiger partial charge in [-0.15, -0.1) is 0 Å². The van der Waals surface area contributed by atoms with Gasteiger partial charge in [-0.25, -0.2) is 0 Å². The Bertz CT molecular complexity index is 540. The fraction of sp³-hybridized carbons (Fsp3) is 0.250. The first-order valence-electron chi connectivity index (χ1n) is 6.42. The molecule has 1 atom stereocenters. The van der Waals surface area contributed by atoms with Gasteiger partial charge in [-0.05, 0) is 30.5 Å². The van der Waals surface area contributed by atoms with Crippen molar-refractivity contribution in [2.45, 2.75) is 26.6 Å². The van der Waals surface area contributed by atoms with E-state index in [1.807, 2.05) is 25.1 Å². The molecule has 0 aliphatic rings. The molecule has 0 amide bonds. The minimum atomic E-state index is -0.341. The Kier molecular flexibility index (Phi) is 4.77. The van der Waals surface area contributed by atoms with E-state index in [0.29, 0.717) is 0 Å². The molecular formula is C16H17O2Si. The van der Waals surface area contributed by atoms with Gasteiger partial charge in [0.25, 0.3) is 10.5 Å². The minimum Gasteiger partial charge on any atom is -0.466 e. The Labute approximate surface area is 117 Å². The van der Waals surface area contributed by atoms with Crippen LogP contribution in [0, 0.1) is 0 Å². The molecule has 0 aromatic heterocycles. The highest BCUT2D eigenvalue weighted by Gasteiger charge is 2.11. The second-order valence-electron chi connectivity index (χ2n) is 4.31. The van der Waals surface area contributed by atoms with E-state index in [1.54, 1.807) is 0 Å². The zero-order chi connectivity index (χ0) is 13.7. The lowest BCUT2D eigenvalue weighted by atomic mass is 9.97. The molecule has 2 rings (SSSR count). The third-order valence-electron chi connectivity index (χ3n) is 3.03. The minimum absolute atomic E-state index is 0.341. The molecule has 2 aromatic carbocycles. The summed E-state index contributed by atoms with van der Waals surface area (Å²) in [4.78, 5) is 0. The van der Waals surface area contributed by atoms with E-state index < -0.39 is 0 Å². The lowest BCUT2D eigenvalue weighted by molar-refractivity contribution is 0.0301. The van der Waals surface area contributed by atoms with Gasteiger partial charge in [-0.2, -0.15) is 0 Å². The quantitative estimate of drug-likeness (QED) is 0.608. The van der Waals surface area contributed by atoms with E-state index in [9.17, 15) is 0 Å². The summed E-state index contributed by atoms with van der Waals surface area (Å²) >= 11 is 0. The van der Waals surface area contributed by atoms with Crippen LogP contribution in [0.15, 0.2) is 48.5 Å². The largest absolute Gasteiger partial charge is 0.466 e. The molecule has 0 fully saturated rings. The average Bonchev–Trinajstić information content (AvgIpc) is 2.47. The smallest absolute Gasteiger partial charge is 0.251 e. The Morgan fingerprint density at radius 3 is 2.32 bits per heavy atom. The van der Waals surface area contributed by atoms with Crippen LogP contribution in [0.3, 0.4) is 0 Å². The molecule has 0 N–H and O–H groups in total. The van der Waals surface area contributed by atoms with Crippen molar-refractivity contribution in [3.8, 4) is 16.9 Å². The van der Waals surface area contributed by atoms with E-state index >= 15 is 0 Å². The third kappa shape index (κ3) is 3.25. The number of ether oxygens (including phenoxy) is 1. The van der Waals surface area contributed by atoms with Crippen molar-refractivity contribution in [3.63, 3.8) is 0 Å². The topological polar surface area (TPSA) is 18.5 Å². The maximum Gasteiger partial charge on any atom is 0.251 e. The Morgan fingerprint density at radius 2 is 1.63 bits per heavy atom. The van der Waals surface area contributed by atoms with E-state index in [-0.39, 0.29) is 6.29 Å². The van der Waals surface area contributed by atoms with Gasteiger partial charge >= 0.3 is 0 Å². The predicted octanol–water partition coefficient (Wildman–Crippen LogP) is 3.74. The SMILES string of the molecule is CCc1ccccc1-c1ccccc1OC(C)O[Si]. The second-order valence-corrected chi connectivity index (χ2v) is 4.55. The van der Waals surface area contributed by atoms with E-state index in [0.717, 1.165) is 17.7 Å². The number of benzene rings is 2. The highest BCUT2D eigenvalue weighted by Crippen LogP contribution is 2.33. The van der Waals surface area contributed by atoms with Gasteiger partial charge in [0, 0.05) is 5.56 Å². The summed E-state index contributed by atoms with van der Waals surface area (Å²) in [5.74, 6) is 0.828. The normalized spacial score (nSPS) is 12.2. The first-order chi connectivity index (χ1) is 9.26. The molecular weight excluding hydrogens is 252 g/mol. The Morgan fingerprint density at radius 1 is 1.00 bits per heavy atom. The molecule has 2 nitrogen and oxygen atoms in total. The molecule has 0 heterocycles. The van der Waals surface area contributed by atoms with Crippen molar-refractivity contribution in [3.05, 3.63) is 54.1 Å². The highest BCUT2D eigenvalue weighted by atomic mass is 28.2. The molecule has 2 aromatic rings. The van der Waals surface area contributed by atoms with Crippen LogP contribution in [0.2, 0.25) is 0 Å². The molecule has 3 radical (unpaired) electrons. The number of rotatable bonds is 5. The lowest BCUT2D eigenvalue weighted by Gasteiger charge is -2.17. The van der Waals surface area contributed by atoms with Crippen LogP contribution in [-0.2, 0) is 10.8 Å². The maximum absolute atomic E-state index is 5.78. The number of aryl methyl sites for hydroxylation is 1. The predicted molar refractivity (Wildman–Crippen MR) is 78.2 cm³/mol. The summed E-state index contributed by atoms with van der Waals surface area (Å²) in [6.07, 6.45) is 0.654. The van der Waals surface area contributed by atoms with Crippen molar-refractivity contribution in [1.82, 2.24) is 0 Å². The van der Waals surface area contributed by atoms with Gasteiger partial charge in [-0.3, -0.25) is 0 Å². The zero-order valence-corrected chi connectivity index (χ0v) is 12.2. The highest BCUT2D eigenvalue weighted by molar-refractivity contribution is 5.98. The summed E-state index contributed by atoms with van der Waals surface area (Å²) in [6, 6.07) is 16.4. The Hall–Kier alpha value is -1.58. The monoisotopic (exact) mass is 269 g/mol. The first kappa shape index (κ1) is 13.8. The van der Waals surface area contributed by atoms with Crippen molar-refractivity contribution < 1.29 is 9.16 Å². The maximum atomic E-state index is 5.78. The molecule has 0 spiro atoms. The molecule has 3 heteroatoms. The Balaban J connectivity index is 2.44. The number of hydrogen-bond donors (Lipinski definition) is 0. The second kappa shape index (κ2) is 6.54. The summed E-state index contributed by atoms with van der Waals surface area (Å²) in [6.45, 7) is 4.00. The molecule has 1 unspecified atom stereocenters. The van der Waals surface area contributed by atoms with Gasteiger partial charge in [0.2, 0.25) is 0 Å². The van der Waals surface area contributed by atoms with Crippen molar-refractivity contribution in [2.75, 3.05) is 0 Å². The summed E-state index contributed by atoms with van der Waals surface area (Å²) in [5, 5.41) is 0. The number of hydrogen-bond acceptors (Lipinski definition) is 2. The van der Waals surface area contributed by atoms with Gasteiger partial charge in [-0.1, -0.05) is 49.4 Å². The van der Waals surface area contributed by atoms with Crippen molar-refractivity contribution in [2.24, 2.45) is 0 Å². The fourth-order valence-corrected chi connectivity index (χ4v) is 2.13. The van der Waals surface area contributed by atoms with E-state index in [1.165, 1.54) is 11.1 Å². The van der Waals surface area contributed by atoms with Gasteiger partial charge < -0.3 is 9.16 Å². The third-order valence-corrected chi connectivity index (χ3v) is 3.37. The molecule has 19 heavy (non-hydrogen) atoms. The molecule has 0 saturated carbocycles. The van der Waals surface area contributed by atoms with Gasteiger partial charge in [0.05, 0.1) is 0 Å². The zero-order valence-electron chi connectivity index (χ0n) is 11.2. The lowest BCUT2D eigenvalue weighted by Crippen LogP contribution is -2.14. The van der Waals surface area contributed by atoms with Crippen molar-refractivity contribution >= 4 is 10.5 Å². The van der Waals surface area contributed by atoms with Crippen LogP contribution in [-0.4, -0.2) is 16.8 Å². The average molecular weight is 269 g/mol. The van der Waals surface area contributed by atoms with Crippen LogP contribution in [0.1, 0.15) is 19.4 Å². The summed E-state index contributed by atoms with van der Waals surface area (Å²) in [5.41, 5.74) is 3.61. The summed E-state index contributed by atoms with van der Waals surface area (Å²) in [7, 11) is 3.00. The molecule has 0 saturated heterocycles. The van der Waals surface area contributed by atoms with Crippen LogP contribution in [0.25, 0.3) is 11.1 Å². The molecule has 0 bridgehead atoms. The van der Waals surface area contributed by atoms with E-state index in [2.05, 4.69) is 47.7 Å². The standard InChI is InChI=1S/C16H17O2Si/c1-3-13-8-4-5-9-14(13)15-10-6-7-11-16(15)17-12(2)18-19/h4-12H,3H2,1-2H3. The van der Waals surface area contributed by atoms with Crippen LogP contribution < -0.4 is 4.74 Å². The molecule has 0 aliphatic carbocycles. The van der Waals surface area contributed by atoms with Crippen LogP contribution in [0.5, 0.6) is 5.75 Å². The van der Waals surface area contributed by atoms with Gasteiger partial charge in [0.15, 0.2) is 6.29 Å². The van der Waals surface area contributed by atoms with Crippen LogP contribution in [0.4, 0.5) is 0 Å². The van der Waals surface area contributed by atoms with Crippen LogP contribution >= 0.6 is 0 Å².